The van der Waals surface area contributed by atoms with Gasteiger partial charge in [-0.05, 0) is 18.8 Å². The minimum atomic E-state index is -0.425. The van der Waals surface area contributed by atoms with E-state index < -0.39 is 6.10 Å². The number of ether oxygens (including phenoxy) is 1. The summed E-state index contributed by atoms with van der Waals surface area (Å²) < 4.78 is 10.5. The van der Waals surface area contributed by atoms with Crippen LogP contribution >= 0.6 is 0 Å². The molecular weight excluding hydrogens is 232 g/mol. The van der Waals surface area contributed by atoms with Crippen LogP contribution in [0.1, 0.15) is 57.9 Å². The van der Waals surface area contributed by atoms with E-state index in [0.717, 1.165) is 19.3 Å². The Hall–Kier alpha value is -0.940. The van der Waals surface area contributed by atoms with Crippen molar-refractivity contribution in [2.24, 2.45) is 5.92 Å². The highest BCUT2D eigenvalue weighted by atomic mass is 16.5. The van der Waals surface area contributed by atoms with Crippen molar-refractivity contribution in [2.75, 3.05) is 7.11 Å². The summed E-state index contributed by atoms with van der Waals surface area (Å²) in [5.41, 5.74) is 0. The maximum absolute atomic E-state index is 9.82. The second kappa shape index (κ2) is 7.48. The molecular formula is C13H24N2O3. The van der Waals surface area contributed by atoms with Gasteiger partial charge in [-0.3, -0.25) is 0 Å². The molecule has 2 atom stereocenters. The van der Waals surface area contributed by atoms with Crippen LogP contribution in [-0.4, -0.2) is 28.5 Å². The molecule has 104 valence electrons. The zero-order valence-corrected chi connectivity index (χ0v) is 11.7. The third kappa shape index (κ3) is 4.74. The number of aliphatic hydroxyl groups excluding tert-OH is 1. The molecule has 0 spiro atoms. The molecule has 0 aromatic carbocycles. The Balaban J connectivity index is 2.56. The van der Waals surface area contributed by atoms with E-state index >= 15 is 0 Å². The molecule has 1 N–H and O–H groups in total. The standard InChI is InChI=1S/C13H24N2O3/c1-5-6-11(17-4)13-14-12(18-15-13)8-10(16)7-9(2)3/h9-11,16H,5-8H2,1-4H3. The lowest BCUT2D eigenvalue weighted by Crippen LogP contribution is -2.13. The van der Waals surface area contributed by atoms with E-state index in [1.165, 1.54) is 0 Å². The normalized spacial score (nSPS) is 15.0. The number of aromatic nitrogens is 2. The summed E-state index contributed by atoms with van der Waals surface area (Å²) in [4.78, 5) is 4.28. The van der Waals surface area contributed by atoms with Crippen LogP contribution in [0.3, 0.4) is 0 Å². The first kappa shape index (κ1) is 15.1. The van der Waals surface area contributed by atoms with Gasteiger partial charge in [0.25, 0.3) is 0 Å². The lowest BCUT2D eigenvalue weighted by Gasteiger charge is -2.10. The predicted molar refractivity (Wildman–Crippen MR) is 68.1 cm³/mol. The Morgan fingerprint density at radius 2 is 2.11 bits per heavy atom. The molecule has 5 heteroatoms. The summed E-state index contributed by atoms with van der Waals surface area (Å²) >= 11 is 0. The third-order valence-electron chi connectivity index (χ3n) is 2.76. The molecule has 0 aliphatic carbocycles. The summed E-state index contributed by atoms with van der Waals surface area (Å²) in [7, 11) is 1.64. The Morgan fingerprint density at radius 3 is 2.67 bits per heavy atom. The number of hydrogen-bond acceptors (Lipinski definition) is 5. The molecule has 0 bridgehead atoms. The number of nitrogens with zero attached hydrogens (tertiary/aromatic N) is 2. The van der Waals surface area contributed by atoms with Crippen molar-refractivity contribution in [1.29, 1.82) is 0 Å². The highest BCUT2D eigenvalue weighted by Crippen LogP contribution is 2.19. The van der Waals surface area contributed by atoms with Crippen molar-refractivity contribution in [3.05, 3.63) is 11.7 Å². The highest BCUT2D eigenvalue weighted by Gasteiger charge is 2.18. The van der Waals surface area contributed by atoms with Gasteiger partial charge in [-0.25, -0.2) is 0 Å². The van der Waals surface area contributed by atoms with Crippen molar-refractivity contribution >= 4 is 0 Å². The molecule has 0 radical (unpaired) electrons. The predicted octanol–water partition coefficient (Wildman–Crippen LogP) is 2.51. The lowest BCUT2D eigenvalue weighted by atomic mass is 10.0. The van der Waals surface area contributed by atoms with Gasteiger partial charge in [0.05, 0.1) is 12.5 Å². The van der Waals surface area contributed by atoms with Gasteiger partial charge in [0.1, 0.15) is 6.10 Å². The summed E-state index contributed by atoms with van der Waals surface area (Å²) in [6, 6.07) is 0. The van der Waals surface area contributed by atoms with Crippen molar-refractivity contribution < 1.29 is 14.4 Å². The molecule has 1 aromatic rings. The Bertz CT molecular complexity index is 339. The average Bonchev–Trinajstić information content (AvgIpc) is 2.72. The van der Waals surface area contributed by atoms with E-state index in [1.54, 1.807) is 7.11 Å². The van der Waals surface area contributed by atoms with E-state index in [1.807, 2.05) is 0 Å². The largest absolute Gasteiger partial charge is 0.393 e. The molecule has 0 saturated carbocycles. The van der Waals surface area contributed by atoms with Crippen LogP contribution in [-0.2, 0) is 11.2 Å². The van der Waals surface area contributed by atoms with Gasteiger partial charge < -0.3 is 14.4 Å². The van der Waals surface area contributed by atoms with Crippen LogP contribution < -0.4 is 0 Å². The summed E-state index contributed by atoms with van der Waals surface area (Å²) in [6.07, 6.45) is 2.47. The van der Waals surface area contributed by atoms with Gasteiger partial charge >= 0.3 is 0 Å². The monoisotopic (exact) mass is 256 g/mol. The van der Waals surface area contributed by atoms with Crippen LogP contribution in [0.2, 0.25) is 0 Å². The molecule has 1 heterocycles. The molecule has 18 heavy (non-hydrogen) atoms. The molecule has 2 unspecified atom stereocenters. The number of aliphatic hydroxyl groups is 1. The fraction of sp³-hybridized carbons (Fsp3) is 0.846. The second-order valence-corrected chi connectivity index (χ2v) is 5.05. The Labute approximate surface area is 109 Å². The van der Waals surface area contributed by atoms with Crippen LogP contribution in [0, 0.1) is 5.92 Å². The van der Waals surface area contributed by atoms with Crippen molar-refractivity contribution in [2.45, 2.75) is 58.7 Å². The SMILES string of the molecule is CCCC(OC)c1noc(CC(O)CC(C)C)n1. The van der Waals surface area contributed by atoms with Gasteiger partial charge in [0, 0.05) is 7.11 Å². The zero-order chi connectivity index (χ0) is 13.5. The van der Waals surface area contributed by atoms with Gasteiger partial charge in [0.15, 0.2) is 0 Å². The summed E-state index contributed by atoms with van der Waals surface area (Å²) in [6.45, 7) is 6.23. The fourth-order valence-electron chi connectivity index (χ4n) is 1.93. The number of hydrogen-bond donors (Lipinski definition) is 1. The van der Waals surface area contributed by atoms with Gasteiger partial charge in [0.2, 0.25) is 11.7 Å². The zero-order valence-electron chi connectivity index (χ0n) is 11.7. The molecule has 0 fully saturated rings. The smallest absolute Gasteiger partial charge is 0.229 e. The molecule has 1 aromatic heterocycles. The molecule has 5 nitrogen and oxygen atoms in total. The molecule has 0 amide bonds. The molecule has 0 aliphatic rings. The summed E-state index contributed by atoms with van der Waals surface area (Å²) in [5.74, 6) is 1.51. The van der Waals surface area contributed by atoms with Crippen molar-refractivity contribution in [1.82, 2.24) is 10.1 Å². The third-order valence-corrected chi connectivity index (χ3v) is 2.76. The van der Waals surface area contributed by atoms with E-state index in [0.29, 0.717) is 24.1 Å². The van der Waals surface area contributed by atoms with Crippen molar-refractivity contribution in [3.63, 3.8) is 0 Å². The van der Waals surface area contributed by atoms with Crippen LogP contribution in [0.4, 0.5) is 0 Å². The first-order valence-corrected chi connectivity index (χ1v) is 6.60. The minimum Gasteiger partial charge on any atom is -0.393 e. The Morgan fingerprint density at radius 1 is 1.39 bits per heavy atom. The van der Waals surface area contributed by atoms with Crippen molar-refractivity contribution in [3.8, 4) is 0 Å². The maximum Gasteiger partial charge on any atom is 0.229 e. The lowest BCUT2D eigenvalue weighted by molar-refractivity contribution is 0.0854. The molecule has 0 aliphatic heterocycles. The number of rotatable bonds is 8. The van der Waals surface area contributed by atoms with E-state index in [2.05, 4.69) is 30.9 Å². The van der Waals surface area contributed by atoms with Crippen LogP contribution in [0.15, 0.2) is 4.52 Å². The van der Waals surface area contributed by atoms with Crippen LogP contribution in [0.5, 0.6) is 0 Å². The first-order valence-electron chi connectivity index (χ1n) is 6.60. The first-order chi connectivity index (χ1) is 8.56. The fourth-order valence-corrected chi connectivity index (χ4v) is 1.93. The topological polar surface area (TPSA) is 68.4 Å². The minimum absolute atomic E-state index is 0.116. The Kier molecular flexibility index (Phi) is 6.29. The van der Waals surface area contributed by atoms with E-state index in [-0.39, 0.29) is 6.10 Å². The summed E-state index contributed by atoms with van der Waals surface area (Å²) in [5, 5.41) is 13.7. The van der Waals surface area contributed by atoms with Gasteiger partial charge in [-0.2, -0.15) is 4.98 Å². The average molecular weight is 256 g/mol. The van der Waals surface area contributed by atoms with E-state index in [4.69, 9.17) is 9.26 Å². The quantitative estimate of drug-likeness (QED) is 0.774. The second-order valence-electron chi connectivity index (χ2n) is 5.05. The highest BCUT2D eigenvalue weighted by molar-refractivity contribution is 4.92. The van der Waals surface area contributed by atoms with Crippen LogP contribution in [0.25, 0.3) is 0 Å². The van der Waals surface area contributed by atoms with Gasteiger partial charge in [-0.15, -0.1) is 0 Å². The number of methoxy groups -OCH3 is 1. The van der Waals surface area contributed by atoms with Gasteiger partial charge in [-0.1, -0.05) is 32.3 Å². The molecule has 0 saturated heterocycles. The van der Waals surface area contributed by atoms with E-state index in [9.17, 15) is 5.11 Å². The molecule has 1 rings (SSSR count). The maximum atomic E-state index is 9.82.